The minimum atomic E-state index is -1.57. The molecule has 2 aromatic rings. The summed E-state index contributed by atoms with van der Waals surface area (Å²) < 4.78 is 39.2. The molecule has 0 saturated carbocycles. The average molecular weight is 436 g/mol. The Morgan fingerprint density at radius 2 is 2.21 bits per heavy atom. The molecule has 150 valence electrons. The molecule has 1 aromatic heterocycles. The summed E-state index contributed by atoms with van der Waals surface area (Å²) in [7, 11) is -1.57. The Labute approximate surface area is 173 Å². The fourth-order valence-corrected chi connectivity index (χ4v) is 3.91. The van der Waals surface area contributed by atoms with Crippen molar-refractivity contribution in [3.63, 3.8) is 0 Å². The van der Waals surface area contributed by atoms with E-state index in [1.165, 1.54) is 13.1 Å². The average Bonchev–Trinajstić information content (AvgIpc) is 3.04. The van der Waals surface area contributed by atoms with Crippen molar-refractivity contribution in [2.75, 3.05) is 13.1 Å². The largest absolute Gasteiger partial charge is 0.481 e. The number of carbonyl (C=O) groups is 1. The molecule has 1 saturated heterocycles. The highest BCUT2D eigenvalue weighted by Gasteiger charge is 2.33. The summed E-state index contributed by atoms with van der Waals surface area (Å²) in [6.45, 7) is 5.56. The van der Waals surface area contributed by atoms with Gasteiger partial charge in [-0.3, -0.25) is 4.79 Å². The molecular formula is C19H15ClFN3O4S. The van der Waals surface area contributed by atoms with Gasteiger partial charge in [0.1, 0.15) is 34.0 Å². The van der Waals surface area contributed by atoms with E-state index in [1.807, 2.05) is 0 Å². The summed E-state index contributed by atoms with van der Waals surface area (Å²) in [5, 5.41) is 9.73. The van der Waals surface area contributed by atoms with Gasteiger partial charge < -0.3 is 9.47 Å². The van der Waals surface area contributed by atoms with Crippen LogP contribution in [0.4, 0.5) is 4.39 Å². The molecule has 0 aliphatic carbocycles. The van der Waals surface area contributed by atoms with E-state index in [9.17, 15) is 13.4 Å². The van der Waals surface area contributed by atoms with Crippen molar-refractivity contribution in [1.29, 1.82) is 5.26 Å². The topological polar surface area (TPSA) is 92.5 Å². The Morgan fingerprint density at radius 3 is 2.83 bits per heavy atom. The molecule has 1 aliphatic heterocycles. The molecule has 1 aromatic carbocycles. The first-order valence-corrected chi connectivity index (χ1v) is 9.81. The fraction of sp³-hybridized carbons (Fsp3) is 0.211. The van der Waals surface area contributed by atoms with Crippen LogP contribution < -0.4 is 9.47 Å². The van der Waals surface area contributed by atoms with E-state index in [-0.39, 0.29) is 30.2 Å². The van der Waals surface area contributed by atoms with E-state index in [4.69, 9.17) is 26.3 Å². The van der Waals surface area contributed by atoms with Crippen molar-refractivity contribution in [3.05, 3.63) is 59.0 Å². The van der Waals surface area contributed by atoms with Crippen molar-refractivity contribution in [2.45, 2.75) is 18.1 Å². The quantitative estimate of drug-likeness (QED) is 0.407. The molecule has 3 rings (SSSR count). The van der Waals surface area contributed by atoms with Gasteiger partial charge in [0.2, 0.25) is 0 Å². The third kappa shape index (κ3) is 4.79. The highest BCUT2D eigenvalue weighted by molar-refractivity contribution is 7.82. The number of rotatable bonds is 5. The van der Waals surface area contributed by atoms with Crippen LogP contribution in [0.15, 0.2) is 47.6 Å². The zero-order valence-corrected chi connectivity index (χ0v) is 16.8. The highest BCUT2D eigenvalue weighted by Crippen LogP contribution is 2.34. The second-order valence-electron chi connectivity index (χ2n) is 6.14. The first-order valence-electron chi connectivity index (χ1n) is 8.33. The number of hydrogen-bond acceptors (Lipinski definition) is 6. The summed E-state index contributed by atoms with van der Waals surface area (Å²) in [6, 6.07) is 6.90. The number of esters is 1. The molecule has 1 fully saturated rings. The minimum Gasteiger partial charge on any atom is -0.481 e. The van der Waals surface area contributed by atoms with E-state index < -0.39 is 28.9 Å². The molecule has 1 aliphatic rings. The fourth-order valence-electron chi connectivity index (χ4n) is 2.65. The summed E-state index contributed by atoms with van der Waals surface area (Å²) in [6.07, 6.45) is 0.770. The summed E-state index contributed by atoms with van der Waals surface area (Å²) in [5.74, 6) is -1.60. The smallest absolute Gasteiger partial charge is 0.308 e. The Morgan fingerprint density at radius 1 is 1.45 bits per heavy atom. The number of pyridine rings is 1. The lowest BCUT2D eigenvalue weighted by molar-refractivity contribution is -0.132. The number of hydrogen-bond donors (Lipinski definition) is 0. The summed E-state index contributed by atoms with van der Waals surface area (Å²) >= 11 is 5.80. The zero-order chi connectivity index (χ0) is 21.1. The van der Waals surface area contributed by atoms with Crippen LogP contribution in [-0.2, 0) is 15.8 Å². The maximum absolute atomic E-state index is 14.1. The second kappa shape index (κ2) is 8.69. The van der Waals surface area contributed by atoms with Gasteiger partial charge in [-0.25, -0.2) is 17.9 Å². The monoisotopic (exact) mass is 435 g/mol. The van der Waals surface area contributed by atoms with Crippen molar-refractivity contribution in [2.24, 2.45) is 0 Å². The van der Waals surface area contributed by atoms with Gasteiger partial charge >= 0.3 is 5.97 Å². The predicted molar refractivity (Wildman–Crippen MR) is 103 cm³/mol. The van der Waals surface area contributed by atoms with Crippen LogP contribution >= 0.6 is 11.6 Å². The van der Waals surface area contributed by atoms with Gasteiger partial charge in [-0.15, -0.1) is 0 Å². The number of aromatic nitrogens is 1. The highest BCUT2D eigenvalue weighted by atomic mass is 35.5. The van der Waals surface area contributed by atoms with E-state index in [2.05, 4.69) is 11.6 Å². The number of nitriles is 1. The van der Waals surface area contributed by atoms with Crippen LogP contribution in [0, 0.1) is 17.1 Å². The van der Waals surface area contributed by atoms with Crippen LogP contribution in [-0.4, -0.2) is 38.7 Å². The molecule has 0 amide bonds. The van der Waals surface area contributed by atoms with Crippen LogP contribution in [0.2, 0.25) is 5.02 Å². The number of ether oxygens (including phenoxy) is 2. The van der Waals surface area contributed by atoms with Crippen LogP contribution in [0.5, 0.6) is 11.5 Å². The van der Waals surface area contributed by atoms with Gasteiger partial charge in [-0.2, -0.15) is 5.26 Å². The molecule has 2 atom stereocenters. The maximum Gasteiger partial charge on any atom is 0.308 e. The van der Waals surface area contributed by atoms with E-state index >= 15 is 0 Å². The molecular weight excluding hydrogens is 421 g/mol. The third-order valence-corrected chi connectivity index (χ3v) is 5.56. The van der Waals surface area contributed by atoms with Gasteiger partial charge in [0.15, 0.2) is 11.5 Å². The molecule has 0 bridgehead atoms. The van der Waals surface area contributed by atoms with Crippen molar-refractivity contribution in [3.8, 4) is 17.6 Å². The number of halogens is 2. The maximum atomic E-state index is 14.1. The third-order valence-electron chi connectivity index (χ3n) is 3.99. The molecule has 1 unspecified atom stereocenters. The molecule has 0 N–H and O–H groups in total. The van der Waals surface area contributed by atoms with Crippen LogP contribution in [0.1, 0.15) is 12.5 Å². The molecule has 10 heteroatoms. The lowest BCUT2D eigenvalue weighted by atomic mass is 10.2. The normalized spacial score (nSPS) is 17.6. The molecule has 7 nitrogen and oxygen atoms in total. The molecule has 0 radical (unpaired) electrons. The van der Waals surface area contributed by atoms with Crippen LogP contribution in [0.3, 0.4) is 0 Å². The number of nitrogens with zero attached hydrogens (tertiary/aromatic N) is 3. The van der Waals surface area contributed by atoms with E-state index in [0.717, 1.165) is 12.1 Å². The van der Waals surface area contributed by atoms with E-state index in [1.54, 1.807) is 22.5 Å². The van der Waals surface area contributed by atoms with Gasteiger partial charge in [-0.1, -0.05) is 18.2 Å². The first-order chi connectivity index (χ1) is 13.8. The summed E-state index contributed by atoms with van der Waals surface area (Å²) in [5.41, 5.74) is 0.321. The van der Waals surface area contributed by atoms with Crippen molar-refractivity contribution >= 4 is 28.6 Å². The SMILES string of the molecule is C=C1CN(S(=O)c2ccc(Cl)cn2)C[C@@H]1Oc1cc(F)c(C#N)cc1OC(C)=O. The van der Waals surface area contributed by atoms with Gasteiger partial charge in [0, 0.05) is 31.8 Å². The van der Waals surface area contributed by atoms with E-state index in [0.29, 0.717) is 15.6 Å². The lowest BCUT2D eigenvalue weighted by Crippen LogP contribution is -2.27. The molecule has 2 heterocycles. The van der Waals surface area contributed by atoms with Gasteiger partial charge in [-0.05, 0) is 17.7 Å². The standard InChI is InChI=1S/C19H15ClFN3O4S/c1-11-9-24(29(26)19-4-3-14(20)8-23-19)10-18(11)28-17-6-15(21)13(7-22)5-16(17)27-12(2)25/h3-6,8,18H,1,9-10H2,2H3/t18-,29?/m0/s1. The Hall–Kier alpha value is -2.80. The minimum absolute atomic E-state index is 0.0555. The Kier molecular flexibility index (Phi) is 6.27. The lowest BCUT2D eigenvalue weighted by Gasteiger charge is -2.18. The van der Waals surface area contributed by atoms with Crippen molar-refractivity contribution in [1.82, 2.24) is 9.29 Å². The molecule has 29 heavy (non-hydrogen) atoms. The van der Waals surface area contributed by atoms with Gasteiger partial charge in [0.25, 0.3) is 0 Å². The Bertz CT molecular complexity index is 1040. The molecule has 0 spiro atoms. The number of benzene rings is 1. The first kappa shape index (κ1) is 20.9. The Balaban J connectivity index is 1.80. The van der Waals surface area contributed by atoms with Crippen molar-refractivity contribution < 1.29 is 22.9 Å². The second-order valence-corrected chi connectivity index (χ2v) is 8.00. The summed E-state index contributed by atoms with van der Waals surface area (Å²) in [4.78, 5) is 15.4. The van der Waals surface area contributed by atoms with Gasteiger partial charge in [0.05, 0.1) is 17.1 Å². The van der Waals surface area contributed by atoms with Crippen LogP contribution in [0.25, 0.3) is 0 Å². The number of carbonyl (C=O) groups excluding carboxylic acids is 1. The predicted octanol–water partition coefficient (Wildman–Crippen LogP) is 3.01. The zero-order valence-electron chi connectivity index (χ0n) is 15.2.